The molecule has 71 heavy (non-hydrogen) atoms. The molecule has 18 heteroatoms. The number of hydrogen-bond donors (Lipinski definition) is 5. The summed E-state index contributed by atoms with van der Waals surface area (Å²) in [5.74, 6) is -3.92. The van der Waals surface area contributed by atoms with Crippen LogP contribution < -0.4 is 36.5 Å². The Balaban J connectivity index is 1.89. The summed E-state index contributed by atoms with van der Waals surface area (Å²) in [5, 5.41) is 10.4. The molecule has 0 unspecified atom stereocenters. The van der Waals surface area contributed by atoms with Crippen molar-refractivity contribution in [3.8, 4) is 22.6 Å². The predicted octanol–water partition coefficient (Wildman–Crippen LogP) is 6.84. The molecule has 0 aromatic heterocycles. The van der Waals surface area contributed by atoms with E-state index in [0.717, 1.165) is 11.1 Å². The normalized spacial score (nSPS) is 16.5. The smallest absolute Gasteiger partial charge is 0.407 e. The Labute approximate surface area is 416 Å². The molecule has 386 valence electrons. The summed E-state index contributed by atoms with van der Waals surface area (Å²) in [7, 11) is 1.46. The highest BCUT2D eigenvalue weighted by atomic mass is 16.6. The number of nitrogens with one attached hydrogen (secondary N) is 4. The molecule has 4 bridgehead atoms. The van der Waals surface area contributed by atoms with Gasteiger partial charge in [-0.05, 0) is 116 Å². The lowest BCUT2D eigenvalue weighted by atomic mass is 9.88. The predicted molar refractivity (Wildman–Crippen MR) is 267 cm³/mol. The quantitative estimate of drug-likeness (QED) is 0.0649. The van der Waals surface area contributed by atoms with Gasteiger partial charge in [0.25, 0.3) is 0 Å². The van der Waals surface area contributed by atoms with Gasteiger partial charge in [0.15, 0.2) is 17.3 Å². The fraction of sp³-hybridized carbons (Fsp3) is 0.509. The summed E-state index contributed by atoms with van der Waals surface area (Å²) in [6, 6.07) is 12.2. The number of amides is 6. The first kappa shape index (κ1) is 56.6. The number of fused-ring (bicyclic) bond motifs is 5. The first-order valence-electron chi connectivity index (χ1n) is 24.0. The van der Waals surface area contributed by atoms with Crippen LogP contribution in [0, 0.1) is 25.7 Å². The summed E-state index contributed by atoms with van der Waals surface area (Å²) >= 11 is 0. The van der Waals surface area contributed by atoms with Crippen LogP contribution in [0.15, 0.2) is 54.6 Å². The van der Waals surface area contributed by atoms with Crippen molar-refractivity contribution in [1.29, 1.82) is 0 Å². The highest BCUT2D eigenvalue weighted by molar-refractivity contribution is 6.01. The molecule has 1 aliphatic heterocycles. The van der Waals surface area contributed by atoms with Gasteiger partial charge >= 0.3 is 18.2 Å². The zero-order chi connectivity index (χ0) is 52.8. The molecule has 4 rings (SSSR count). The van der Waals surface area contributed by atoms with E-state index in [1.54, 1.807) is 84.0 Å². The zero-order valence-corrected chi connectivity index (χ0v) is 43.0. The van der Waals surface area contributed by atoms with E-state index in [2.05, 4.69) is 21.3 Å². The number of benzene rings is 3. The maximum Gasteiger partial charge on any atom is 0.407 e. The summed E-state index contributed by atoms with van der Waals surface area (Å²) < 4.78 is 23.4. The summed E-state index contributed by atoms with van der Waals surface area (Å²) in [6.07, 6.45) is -1.36. The fourth-order valence-corrected chi connectivity index (χ4v) is 8.01. The summed E-state index contributed by atoms with van der Waals surface area (Å²) in [4.78, 5) is 110. The monoisotopic (exact) mass is 985 g/mol. The van der Waals surface area contributed by atoms with Gasteiger partial charge in [-0.25, -0.2) is 14.4 Å². The molecule has 1 aliphatic rings. The molecular formula is C53H72N6O12. The largest absolute Gasteiger partial charge is 0.493 e. The average Bonchev–Trinajstić information content (AvgIpc) is 3.26. The Kier molecular flexibility index (Phi) is 20.1. The van der Waals surface area contributed by atoms with Crippen molar-refractivity contribution >= 4 is 47.4 Å². The van der Waals surface area contributed by atoms with Crippen LogP contribution in [0.2, 0.25) is 0 Å². The van der Waals surface area contributed by atoms with Crippen molar-refractivity contribution in [2.24, 2.45) is 17.6 Å². The van der Waals surface area contributed by atoms with E-state index in [9.17, 15) is 33.6 Å². The number of carbonyl (C=O) groups excluding carboxylic acids is 8. The maximum atomic E-state index is 15.1. The lowest BCUT2D eigenvalue weighted by molar-refractivity contribution is -0.142. The highest BCUT2D eigenvalue weighted by Gasteiger charge is 2.37. The maximum absolute atomic E-state index is 15.1. The van der Waals surface area contributed by atoms with Crippen LogP contribution in [0.3, 0.4) is 0 Å². The molecule has 3 aromatic rings. The molecule has 6 amide bonds. The third kappa shape index (κ3) is 17.4. The molecule has 4 atom stereocenters. The van der Waals surface area contributed by atoms with E-state index in [1.165, 1.54) is 18.9 Å². The number of alkyl carbamates (subject to hydrolysis) is 2. The van der Waals surface area contributed by atoms with Crippen LogP contribution in [-0.4, -0.2) is 109 Å². The molecule has 0 spiro atoms. The summed E-state index contributed by atoms with van der Waals surface area (Å²) in [5.41, 5.74) is 7.73. The number of primary amides is 1. The molecule has 0 saturated carbocycles. The van der Waals surface area contributed by atoms with Crippen molar-refractivity contribution < 1.29 is 57.3 Å². The van der Waals surface area contributed by atoms with Crippen molar-refractivity contribution in [3.63, 3.8) is 0 Å². The average molecular weight is 985 g/mol. The number of rotatable bonds is 18. The molecular weight excluding hydrogens is 913 g/mol. The number of nitrogens with two attached hydrogens (primary N) is 1. The molecule has 0 aliphatic carbocycles. The van der Waals surface area contributed by atoms with Crippen LogP contribution in [0.25, 0.3) is 11.1 Å². The van der Waals surface area contributed by atoms with Crippen molar-refractivity contribution in [1.82, 2.24) is 26.2 Å². The third-order valence-electron chi connectivity index (χ3n) is 11.3. The molecule has 3 aromatic carbocycles. The second-order valence-electron chi connectivity index (χ2n) is 19.9. The number of hydrogen-bond acceptors (Lipinski definition) is 12. The van der Waals surface area contributed by atoms with Crippen molar-refractivity contribution in [3.05, 3.63) is 82.4 Å². The molecule has 0 fully saturated rings. The second kappa shape index (κ2) is 25.2. The standard InChI is InChI=1S/C53H72N6O12/c1-12-22-68-45-18-15-35-28-39(45)38-26-34(14-17-44(38)69-23-21-56-51(67)71-53(8,9)10)27-40(43(62)30-57-49(54)65)58-47(63)33(4)25-42(61)46(35)59(11)48(64)36(19-20-55-50(66)70-52(5,6)7)29-41(60)37-16-13-31(2)24-32(37)3/h13-18,24,26,28,33,36,40,46H,12,19-23,25,27,29-30H2,1-11H3,(H,55,66)(H,56,67)(H,58,63)(H3,54,57,65)/t33-,36-,40+,46+/m1/s1. The van der Waals surface area contributed by atoms with Gasteiger partial charge in [0.1, 0.15) is 35.3 Å². The highest BCUT2D eigenvalue weighted by Crippen LogP contribution is 2.41. The van der Waals surface area contributed by atoms with Gasteiger partial charge in [-0.3, -0.25) is 24.0 Å². The van der Waals surface area contributed by atoms with Gasteiger partial charge in [0.05, 0.1) is 25.7 Å². The Bertz CT molecular complexity index is 2440. The van der Waals surface area contributed by atoms with E-state index in [4.69, 9.17) is 24.7 Å². The SMILES string of the molecule is CCCOc1ccc2cc1-c1cc(ccc1OCCNC(=O)OC(C)(C)C)C[C@@H](C(=O)CNC(N)=O)NC(=O)[C@H](C)CC(=O)[C@H]2N(C)C(=O)[C@H](CCNC(=O)OC(C)(C)C)CC(=O)c1ccc(C)cc1C. The molecule has 0 radical (unpaired) electrons. The zero-order valence-electron chi connectivity index (χ0n) is 43.0. The first-order chi connectivity index (χ1) is 33.3. The van der Waals surface area contributed by atoms with E-state index >= 15 is 4.79 Å². The van der Waals surface area contributed by atoms with E-state index in [-0.39, 0.29) is 51.2 Å². The lowest BCUT2D eigenvalue weighted by Gasteiger charge is -2.32. The van der Waals surface area contributed by atoms with Gasteiger partial charge in [0.2, 0.25) is 11.8 Å². The Hall–Kier alpha value is -6.98. The van der Waals surface area contributed by atoms with Crippen LogP contribution >= 0.6 is 0 Å². The minimum Gasteiger partial charge on any atom is -0.493 e. The Morgan fingerprint density at radius 2 is 1.39 bits per heavy atom. The van der Waals surface area contributed by atoms with Crippen LogP contribution in [-0.2, 0) is 35.1 Å². The van der Waals surface area contributed by atoms with E-state index in [1.807, 2.05) is 32.9 Å². The minimum atomic E-state index is -1.33. The Morgan fingerprint density at radius 3 is 2.00 bits per heavy atom. The summed E-state index contributed by atoms with van der Waals surface area (Å²) in [6.45, 7) is 17.4. The first-order valence-corrected chi connectivity index (χ1v) is 24.0. The van der Waals surface area contributed by atoms with Gasteiger partial charge in [-0.2, -0.15) is 0 Å². The molecule has 6 N–H and O–H groups in total. The molecule has 18 nitrogen and oxygen atoms in total. The number of ketones is 3. The molecule has 1 heterocycles. The third-order valence-corrected chi connectivity index (χ3v) is 11.3. The topological polar surface area (TPSA) is 251 Å². The van der Waals surface area contributed by atoms with Crippen LogP contribution in [0.1, 0.15) is 120 Å². The fourth-order valence-electron chi connectivity index (χ4n) is 8.01. The van der Waals surface area contributed by atoms with E-state index in [0.29, 0.717) is 52.3 Å². The number of ether oxygens (including phenoxy) is 4. The number of carbonyl (C=O) groups is 8. The number of Topliss-reactive ketones (excluding diaryl/α,β-unsaturated/α-hetero) is 3. The Morgan fingerprint density at radius 1 is 0.789 bits per heavy atom. The lowest BCUT2D eigenvalue weighted by Crippen LogP contribution is -2.49. The second-order valence-corrected chi connectivity index (χ2v) is 19.9. The van der Waals surface area contributed by atoms with Crippen molar-refractivity contribution in [2.45, 2.75) is 125 Å². The number of urea groups is 1. The van der Waals surface area contributed by atoms with Crippen molar-refractivity contribution in [2.75, 3.05) is 39.9 Å². The number of nitrogens with zero attached hydrogens (tertiary/aromatic N) is 1. The minimum absolute atomic E-state index is 0.00410. The van der Waals surface area contributed by atoms with Gasteiger partial charge in [0, 0.05) is 55.0 Å². The number of likely N-dealkylation sites (N-methyl/N-ethyl adjacent to an activating group) is 1. The van der Waals surface area contributed by atoms with E-state index < -0.39 is 83.3 Å². The van der Waals surface area contributed by atoms with Gasteiger partial charge in [-0.15, -0.1) is 0 Å². The van der Waals surface area contributed by atoms with Gasteiger partial charge < -0.3 is 50.8 Å². The van der Waals surface area contributed by atoms with Gasteiger partial charge in [-0.1, -0.05) is 49.7 Å². The molecule has 0 saturated heterocycles. The van der Waals surface area contributed by atoms with Crippen LogP contribution in [0.5, 0.6) is 11.5 Å². The number of aryl methyl sites for hydroxylation is 2. The van der Waals surface area contributed by atoms with Crippen LogP contribution in [0.4, 0.5) is 14.4 Å².